The lowest BCUT2D eigenvalue weighted by atomic mass is 10.2. The van der Waals surface area contributed by atoms with Crippen molar-refractivity contribution in [3.05, 3.63) is 52.2 Å². The smallest absolute Gasteiger partial charge is 0.338 e. The van der Waals surface area contributed by atoms with Gasteiger partial charge in [-0.3, -0.25) is 10.1 Å². The topological polar surface area (TPSA) is 131 Å². The summed E-state index contributed by atoms with van der Waals surface area (Å²) in [6.45, 7) is -0.570. The predicted octanol–water partition coefficient (Wildman–Crippen LogP) is 0.842. The lowest BCUT2D eigenvalue weighted by Gasteiger charge is -2.08. The second kappa shape index (κ2) is 10.4. The van der Waals surface area contributed by atoms with Gasteiger partial charge in [0.15, 0.2) is 6.61 Å². The fraction of sp³-hybridized carbons (Fsp3) is 0.167. The molecule has 0 saturated carbocycles. The van der Waals surface area contributed by atoms with Crippen LogP contribution in [0.4, 0.5) is 4.79 Å². The summed E-state index contributed by atoms with van der Waals surface area (Å²) < 4.78 is 30.8. The Morgan fingerprint density at radius 1 is 1.14 bits per heavy atom. The molecule has 0 radical (unpaired) electrons. The molecule has 0 saturated heterocycles. The van der Waals surface area contributed by atoms with Crippen LogP contribution in [0.3, 0.4) is 0 Å². The van der Waals surface area contributed by atoms with E-state index < -0.39 is 34.5 Å². The number of urea groups is 1. The molecule has 0 unspecified atom stereocenters. The second-order valence-electron chi connectivity index (χ2n) is 5.44. The van der Waals surface area contributed by atoms with Gasteiger partial charge in [0, 0.05) is 4.88 Å². The first-order valence-electron chi connectivity index (χ1n) is 8.12. The van der Waals surface area contributed by atoms with Crippen LogP contribution in [0.25, 0.3) is 0 Å². The van der Waals surface area contributed by atoms with Crippen LogP contribution in [-0.2, 0) is 26.1 Å². The fourth-order valence-electron chi connectivity index (χ4n) is 1.99. The highest BCUT2D eigenvalue weighted by Crippen LogP contribution is 2.11. The summed E-state index contributed by atoms with van der Waals surface area (Å²) in [6, 6.07) is 7.82. The van der Waals surface area contributed by atoms with Crippen molar-refractivity contribution in [2.24, 2.45) is 0 Å². The van der Waals surface area contributed by atoms with Gasteiger partial charge in [0.05, 0.1) is 23.5 Å². The molecule has 0 spiro atoms. The molecule has 1 aromatic heterocycles. The molecule has 0 fully saturated rings. The Labute approximate surface area is 171 Å². The summed E-state index contributed by atoms with van der Waals surface area (Å²) in [7, 11) is -3.78. The molecule has 0 aliphatic rings. The summed E-state index contributed by atoms with van der Waals surface area (Å²) in [6.07, 6.45) is 5.01. The van der Waals surface area contributed by atoms with Crippen molar-refractivity contribution >= 4 is 39.3 Å². The van der Waals surface area contributed by atoms with Gasteiger partial charge in [0.1, 0.15) is 0 Å². The largest absolute Gasteiger partial charge is 0.452 e. The summed E-state index contributed by atoms with van der Waals surface area (Å²) in [5.74, 6) is 0.495. The van der Waals surface area contributed by atoms with Gasteiger partial charge in [-0.25, -0.2) is 18.0 Å². The minimum Gasteiger partial charge on any atom is -0.452 e. The number of carbonyl (C=O) groups is 3. The molecule has 0 aliphatic carbocycles. The van der Waals surface area contributed by atoms with E-state index in [0.717, 1.165) is 4.88 Å². The van der Waals surface area contributed by atoms with E-state index in [1.807, 2.05) is 22.8 Å². The van der Waals surface area contributed by atoms with Gasteiger partial charge in [0.25, 0.3) is 5.91 Å². The van der Waals surface area contributed by atoms with Crippen LogP contribution in [0.15, 0.2) is 46.7 Å². The zero-order valence-electron chi connectivity index (χ0n) is 15.0. The van der Waals surface area contributed by atoms with Crippen molar-refractivity contribution in [1.29, 1.82) is 0 Å². The second-order valence-corrected chi connectivity index (χ2v) is 8.24. The number of sulfonamides is 1. The number of nitrogens with one attached hydrogen (secondary N) is 3. The van der Waals surface area contributed by atoms with Crippen LogP contribution in [-0.4, -0.2) is 39.5 Å². The number of hydrogen-bond donors (Lipinski definition) is 3. The van der Waals surface area contributed by atoms with E-state index in [9.17, 15) is 22.8 Å². The van der Waals surface area contributed by atoms with E-state index in [4.69, 9.17) is 11.2 Å². The van der Waals surface area contributed by atoms with Crippen molar-refractivity contribution in [3.63, 3.8) is 0 Å². The van der Waals surface area contributed by atoms with Crippen LogP contribution in [0.5, 0.6) is 0 Å². The quantitative estimate of drug-likeness (QED) is 0.416. The normalized spacial score (nSPS) is 10.6. The molecule has 9 nitrogen and oxygen atoms in total. The minimum atomic E-state index is -3.78. The molecular formula is C18H17N3O6S2. The average Bonchev–Trinajstić information content (AvgIpc) is 3.23. The Morgan fingerprint density at radius 3 is 2.48 bits per heavy atom. The third kappa shape index (κ3) is 7.04. The van der Waals surface area contributed by atoms with Crippen LogP contribution >= 0.6 is 11.3 Å². The zero-order chi connectivity index (χ0) is 21.3. The summed E-state index contributed by atoms with van der Waals surface area (Å²) >= 11 is 1.45. The van der Waals surface area contributed by atoms with Gasteiger partial charge in [-0.2, -0.15) is 4.72 Å². The number of terminal acetylenes is 1. The highest BCUT2D eigenvalue weighted by molar-refractivity contribution is 7.89. The molecule has 29 heavy (non-hydrogen) atoms. The molecule has 11 heteroatoms. The number of amides is 3. The molecule has 152 valence electrons. The molecule has 1 aromatic carbocycles. The highest BCUT2D eigenvalue weighted by Gasteiger charge is 2.16. The number of thiophene rings is 1. The monoisotopic (exact) mass is 435 g/mol. The number of ether oxygens (including phenoxy) is 1. The summed E-state index contributed by atoms with van der Waals surface area (Å²) in [5, 5.41) is 6.38. The molecule has 0 bridgehead atoms. The Morgan fingerprint density at radius 2 is 1.86 bits per heavy atom. The molecule has 3 N–H and O–H groups in total. The van der Waals surface area contributed by atoms with Gasteiger partial charge in [-0.1, -0.05) is 12.0 Å². The van der Waals surface area contributed by atoms with Gasteiger partial charge < -0.3 is 10.1 Å². The van der Waals surface area contributed by atoms with E-state index in [1.165, 1.54) is 35.6 Å². The average molecular weight is 435 g/mol. The maximum atomic E-state index is 12.0. The van der Waals surface area contributed by atoms with Crippen molar-refractivity contribution in [2.75, 3.05) is 13.2 Å². The summed E-state index contributed by atoms with van der Waals surface area (Å²) in [5.41, 5.74) is 0.0378. The fourth-order valence-corrected chi connectivity index (χ4v) is 3.57. The van der Waals surface area contributed by atoms with Crippen molar-refractivity contribution in [2.45, 2.75) is 11.4 Å². The van der Waals surface area contributed by atoms with Gasteiger partial charge in [-0.15, -0.1) is 17.8 Å². The number of imide groups is 1. The highest BCUT2D eigenvalue weighted by atomic mass is 32.2. The Bertz CT molecular complexity index is 1010. The van der Waals surface area contributed by atoms with Gasteiger partial charge in [-0.05, 0) is 35.7 Å². The van der Waals surface area contributed by atoms with Crippen molar-refractivity contribution in [1.82, 2.24) is 15.4 Å². The zero-order valence-corrected chi connectivity index (χ0v) is 16.6. The lowest BCUT2D eigenvalue weighted by Crippen LogP contribution is -2.41. The Balaban J connectivity index is 1.80. The van der Waals surface area contributed by atoms with Crippen LogP contribution in [0, 0.1) is 12.3 Å². The lowest BCUT2D eigenvalue weighted by molar-refractivity contribution is -0.123. The number of carbonyl (C=O) groups excluding carboxylic acids is 3. The first-order chi connectivity index (χ1) is 13.8. The van der Waals surface area contributed by atoms with E-state index in [1.54, 1.807) is 0 Å². The maximum absolute atomic E-state index is 12.0. The van der Waals surface area contributed by atoms with Crippen LogP contribution in [0.1, 0.15) is 15.2 Å². The first-order valence-corrected chi connectivity index (χ1v) is 10.5. The molecule has 3 amide bonds. The third-order valence-electron chi connectivity index (χ3n) is 3.36. The first kappa shape index (κ1) is 22.1. The molecule has 2 rings (SSSR count). The number of hydrogen-bond acceptors (Lipinski definition) is 7. The van der Waals surface area contributed by atoms with Crippen molar-refractivity contribution < 1.29 is 27.5 Å². The Kier molecular flexibility index (Phi) is 7.90. The number of esters is 1. The third-order valence-corrected chi connectivity index (χ3v) is 5.65. The SMILES string of the molecule is C#CCNS(=O)(=O)c1ccc(C(=O)OCC(=O)NC(=O)NCc2cccs2)cc1. The molecule has 0 atom stereocenters. The van der Waals surface area contributed by atoms with Gasteiger partial charge >= 0.3 is 12.0 Å². The van der Waals surface area contributed by atoms with Crippen LogP contribution < -0.4 is 15.4 Å². The van der Waals surface area contributed by atoms with E-state index in [-0.39, 0.29) is 23.5 Å². The van der Waals surface area contributed by atoms with Gasteiger partial charge in [0.2, 0.25) is 10.0 Å². The van der Waals surface area contributed by atoms with E-state index >= 15 is 0 Å². The van der Waals surface area contributed by atoms with E-state index in [0.29, 0.717) is 0 Å². The number of benzene rings is 1. The predicted molar refractivity (Wildman–Crippen MR) is 105 cm³/mol. The molecule has 2 aromatic rings. The van der Waals surface area contributed by atoms with Crippen LogP contribution in [0.2, 0.25) is 0 Å². The molecule has 1 heterocycles. The van der Waals surface area contributed by atoms with E-state index in [2.05, 4.69) is 16.0 Å². The maximum Gasteiger partial charge on any atom is 0.338 e. The standard InChI is InChI=1S/C18H17N3O6S2/c1-2-9-20-29(25,26)15-7-5-13(6-8-15)17(23)27-12-16(22)21-18(24)19-11-14-4-3-10-28-14/h1,3-8,10,20H,9,11-12H2,(H2,19,21,22,24). The molecular weight excluding hydrogens is 418 g/mol. The Hall–Kier alpha value is -3.20. The minimum absolute atomic E-state index is 0.0378. The number of rotatable bonds is 8. The summed E-state index contributed by atoms with van der Waals surface area (Å²) in [4.78, 5) is 36.1. The van der Waals surface area contributed by atoms with Crippen molar-refractivity contribution in [3.8, 4) is 12.3 Å². The molecule has 0 aliphatic heterocycles.